The Morgan fingerprint density at radius 3 is 2.42 bits per heavy atom. The van der Waals surface area contributed by atoms with Gasteiger partial charge < -0.3 is 9.88 Å². The molecular weight excluding hydrogens is 331 g/mol. The van der Waals surface area contributed by atoms with Crippen molar-refractivity contribution in [3.05, 3.63) is 59.9 Å². The van der Waals surface area contributed by atoms with Gasteiger partial charge in [0.15, 0.2) is 5.82 Å². The molecule has 0 atom stereocenters. The molecule has 3 heterocycles. The molecular formula is C19H21FN6. The fourth-order valence-corrected chi connectivity index (χ4v) is 3.17. The number of halogens is 1. The zero-order valence-electron chi connectivity index (χ0n) is 14.7. The molecule has 3 aromatic rings. The van der Waals surface area contributed by atoms with Crippen LogP contribution in [0.1, 0.15) is 11.4 Å². The van der Waals surface area contributed by atoms with E-state index in [2.05, 4.69) is 43.8 Å². The van der Waals surface area contributed by atoms with Gasteiger partial charge in [0.2, 0.25) is 5.95 Å². The minimum absolute atomic E-state index is 0.407. The summed E-state index contributed by atoms with van der Waals surface area (Å²) in [5.74, 6) is 1.10. The SMILES string of the molecule is Cc1[nH]c(-c2ccccc2)nc1CN1CCN(c2ncc(F)cn2)CC1. The maximum atomic E-state index is 13.0. The van der Waals surface area contributed by atoms with Crippen LogP contribution in [0.15, 0.2) is 42.7 Å². The first kappa shape index (κ1) is 16.7. The largest absolute Gasteiger partial charge is 0.342 e. The van der Waals surface area contributed by atoms with Gasteiger partial charge >= 0.3 is 0 Å². The van der Waals surface area contributed by atoms with Gasteiger partial charge in [-0.2, -0.15) is 0 Å². The van der Waals surface area contributed by atoms with Crippen LogP contribution in [0.25, 0.3) is 11.4 Å². The molecule has 0 amide bonds. The van der Waals surface area contributed by atoms with Crippen molar-refractivity contribution in [3.63, 3.8) is 0 Å². The summed E-state index contributed by atoms with van der Waals surface area (Å²) in [4.78, 5) is 20.8. The average molecular weight is 352 g/mol. The number of benzene rings is 1. The molecule has 1 N–H and O–H groups in total. The van der Waals surface area contributed by atoms with E-state index in [4.69, 9.17) is 4.98 Å². The van der Waals surface area contributed by atoms with E-state index in [9.17, 15) is 4.39 Å². The summed E-state index contributed by atoms with van der Waals surface area (Å²) >= 11 is 0. The second-order valence-corrected chi connectivity index (χ2v) is 6.49. The Balaban J connectivity index is 1.39. The maximum Gasteiger partial charge on any atom is 0.225 e. The Morgan fingerprint density at radius 1 is 1.04 bits per heavy atom. The van der Waals surface area contributed by atoms with Crippen molar-refractivity contribution in [2.45, 2.75) is 13.5 Å². The number of anilines is 1. The number of hydrogen-bond acceptors (Lipinski definition) is 5. The van der Waals surface area contributed by atoms with Crippen LogP contribution in [0.4, 0.5) is 10.3 Å². The summed E-state index contributed by atoms with van der Waals surface area (Å²) in [5.41, 5.74) is 3.28. The molecule has 134 valence electrons. The number of aromatic nitrogens is 4. The van der Waals surface area contributed by atoms with Crippen LogP contribution in [0.3, 0.4) is 0 Å². The van der Waals surface area contributed by atoms with E-state index in [1.807, 2.05) is 18.2 Å². The second kappa shape index (κ2) is 7.21. The minimum Gasteiger partial charge on any atom is -0.342 e. The summed E-state index contributed by atoms with van der Waals surface area (Å²) in [6, 6.07) is 10.2. The predicted octanol–water partition coefficient (Wildman–Crippen LogP) is 2.64. The van der Waals surface area contributed by atoms with Gasteiger partial charge in [-0.25, -0.2) is 19.3 Å². The minimum atomic E-state index is -0.407. The Hall–Kier alpha value is -2.80. The van der Waals surface area contributed by atoms with E-state index in [1.165, 1.54) is 12.4 Å². The van der Waals surface area contributed by atoms with E-state index in [1.54, 1.807) is 0 Å². The van der Waals surface area contributed by atoms with E-state index < -0.39 is 5.82 Å². The molecule has 26 heavy (non-hydrogen) atoms. The molecule has 2 aromatic heterocycles. The van der Waals surface area contributed by atoms with Crippen molar-refractivity contribution >= 4 is 5.95 Å². The van der Waals surface area contributed by atoms with Crippen molar-refractivity contribution < 1.29 is 4.39 Å². The zero-order valence-corrected chi connectivity index (χ0v) is 14.7. The Bertz CT molecular complexity index is 853. The number of imidazole rings is 1. The van der Waals surface area contributed by atoms with Crippen LogP contribution < -0.4 is 4.90 Å². The van der Waals surface area contributed by atoms with Crippen molar-refractivity contribution in [2.75, 3.05) is 31.1 Å². The number of hydrogen-bond donors (Lipinski definition) is 1. The molecule has 1 saturated heterocycles. The third kappa shape index (κ3) is 3.57. The third-order valence-corrected chi connectivity index (χ3v) is 4.67. The summed E-state index contributed by atoms with van der Waals surface area (Å²) in [5, 5.41) is 0. The summed E-state index contributed by atoms with van der Waals surface area (Å²) in [7, 11) is 0. The van der Waals surface area contributed by atoms with Crippen LogP contribution in [-0.2, 0) is 6.54 Å². The molecule has 0 bridgehead atoms. The molecule has 7 heteroatoms. The number of aryl methyl sites for hydroxylation is 1. The number of nitrogens with one attached hydrogen (secondary N) is 1. The highest BCUT2D eigenvalue weighted by Crippen LogP contribution is 2.19. The standard InChI is InChI=1S/C19H21FN6/c1-14-17(24-18(23-14)15-5-3-2-4-6-15)13-25-7-9-26(10-8-25)19-21-11-16(20)12-22-19/h2-6,11-12H,7-10,13H2,1H3,(H,23,24). The highest BCUT2D eigenvalue weighted by molar-refractivity contribution is 5.55. The Kier molecular flexibility index (Phi) is 4.62. The van der Waals surface area contributed by atoms with Crippen molar-refractivity contribution in [2.24, 2.45) is 0 Å². The molecule has 1 fully saturated rings. The molecule has 0 aliphatic carbocycles. The normalized spacial score (nSPS) is 15.4. The highest BCUT2D eigenvalue weighted by Gasteiger charge is 2.20. The molecule has 6 nitrogen and oxygen atoms in total. The van der Waals surface area contributed by atoms with Crippen LogP contribution in [0.2, 0.25) is 0 Å². The number of H-pyrrole nitrogens is 1. The molecule has 0 spiro atoms. The molecule has 4 rings (SSSR count). The zero-order chi connectivity index (χ0) is 17.9. The maximum absolute atomic E-state index is 13.0. The van der Waals surface area contributed by atoms with Gasteiger partial charge in [0, 0.05) is 44.0 Å². The quantitative estimate of drug-likeness (QED) is 0.782. The highest BCUT2D eigenvalue weighted by atomic mass is 19.1. The summed E-state index contributed by atoms with van der Waals surface area (Å²) in [6.07, 6.45) is 2.43. The van der Waals surface area contributed by atoms with Gasteiger partial charge in [0.25, 0.3) is 0 Å². The Morgan fingerprint density at radius 2 is 1.73 bits per heavy atom. The first-order valence-corrected chi connectivity index (χ1v) is 8.75. The van der Waals surface area contributed by atoms with Crippen LogP contribution in [0, 0.1) is 12.7 Å². The smallest absolute Gasteiger partial charge is 0.225 e. The van der Waals surface area contributed by atoms with E-state index in [0.29, 0.717) is 5.95 Å². The lowest BCUT2D eigenvalue weighted by Crippen LogP contribution is -2.46. The van der Waals surface area contributed by atoms with E-state index in [-0.39, 0.29) is 0 Å². The van der Waals surface area contributed by atoms with Gasteiger partial charge in [-0.1, -0.05) is 30.3 Å². The molecule has 1 aliphatic heterocycles. The molecule has 0 radical (unpaired) electrons. The third-order valence-electron chi connectivity index (χ3n) is 4.67. The first-order chi connectivity index (χ1) is 12.7. The lowest BCUT2D eigenvalue weighted by Gasteiger charge is -2.34. The number of piperazine rings is 1. The van der Waals surface area contributed by atoms with E-state index in [0.717, 1.165) is 55.5 Å². The number of aromatic amines is 1. The fourth-order valence-electron chi connectivity index (χ4n) is 3.17. The number of nitrogens with zero attached hydrogens (tertiary/aromatic N) is 5. The van der Waals surface area contributed by atoms with Crippen molar-refractivity contribution in [3.8, 4) is 11.4 Å². The summed E-state index contributed by atoms with van der Waals surface area (Å²) in [6.45, 7) is 6.31. The van der Waals surface area contributed by atoms with Gasteiger partial charge in [-0.15, -0.1) is 0 Å². The van der Waals surface area contributed by atoms with Gasteiger partial charge in [0.1, 0.15) is 5.82 Å². The molecule has 1 aliphatic rings. The fraction of sp³-hybridized carbons (Fsp3) is 0.316. The Labute approximate surface area is 151 Å². The second-order valence-electron chi connectivity index (χ2n) is 6.49. The lowest BCUT2D eigenvalue weighted by atomic mass is 10.2. The predicted molar refractivity (Wildman–Crippen MR) is 98.2 cm³/mol. The monoisotopic (exact) mass is 352 g/mol. The van der Waals surface area contributed by atoms with Crippen LogP contribution in [0.5, 0.6) is 0 Å². The summed E-state index contributed by atoms with van der Waals surface area (Å²) < 4.78 is 13.0. The van der Waals surface area contributed by atoms with Crippen molar-refractivity contribution in [1.29, 1.82) is 0 Å². The first-order valence-electron chi connectivity index (χ1n) is 8.75. The average Bonchev–Trinajstić information content (AvgIpc) is 3.04. The van der Waals surface area contributed by atoms with Crippen LogP contribution >= 0.6 is 0 Å². The van der Waals surface area contributed by atoms with E-state index >= 15 is 0 Å². The van der Waals surface area contributed by atoms with Gasteiger partial charge in [0.05, 0.1) is 18.1 Å². The molecule has 1 aromatic carbocycles. The topological polar surface area (TPSA) is 60.9 Å². The van der Waals surface area contributed by atoms with Crippen molar-refractivity contribution in [1.82, 2.24) is 24.8 Å². The lowest BCUT2D eigenvalue weighted by molar-refractivity contribution is 0.246. The molecule has 0 saturated carbocycles. The van der Waals surface area contributed by atoms with Gasteiger partial charge in [-0.05, 0) is 6.92 Å². The molecule has 0 unspecified atom stereocenters. The number of rotatable bonds is 4. The van der Waals surface area contributed by atoms with Crippen LogP contribution in [-0.4, -0.2) is 51.0 Å². The van der Waals surface area contributed by atoms with Gasteiger partial charge in [-0.3, -0.25) is 4.90 Å².